The number of Topliss-reactive ketones (excluding diaryl/α,β-unsaturated/α-hetero) is 1. The summed E-state index contributed by atoms with van der Waals surface area (Å²) >= 11 is 1.03. The van der Waals surface area contributed by atoms with E-state index in [1.54, 1.807) is 29.2 Å². The van der Waals surface area contributed by atoms with Crippen molar-refractivity contribution in [1.29, 1.82) is 0 Å². The molecular weight excluding hydrogens is 332 g/mol. The summed E-state index contributed by atoms with van der Waals surface area (Å²) < 4.78 is 26.5. The molecule has 2 aromatic carbocycles. The standard InChI is InChI=1S/C18H15F2NO2S/c19-13-6-7-17(15(20)10-13)24-11-16(22)12-3-1-4-14(9-12)21-8-2-5-18(21)23/h1,3-4,6-7,9-10H,2,5,8,11H2. The van der Waals surface area contributed by atoms with Crippen molar-refractivity contribution >= 4 is 29.1 Å². The summed E-state index contributed by atoms with van der Waals surface area (Å²) in [5.74, 6) is -1.39. The average Bonchev–Trinajstić information content (AvgIpc) is 3.00. The van der Waals surface area contributed by atoms with Gasteiger partial charge in [0.2, 0.25) is 5.91 Å². The number of halogens is 2. The minimum Gasteiger partial charge on any atom is -0.312 e. The highest BCUT2D eigenvalue weighted by atomic mass is 32.2. The second-order valence-corrected chi connectivity index (χ2v) is 6.50. The number of ketones is 1. The first-order valence-corrected chi connectivity index (χ1v) is 8.54. The lowest BCUT2D eigenvalue weighted by molar-refractivity contribution is -0.117. The molecule has 0 aromatic heterocycles. The maximum absolute atomic E-state index is 13.6. The molecule has 1 heterocycles. The lowest BCUT2D eigenvalue weighted by atomic mass is 10.1. The smallest absolute Gasteiger partial charge is 0.227 e. The van der Waals surface area contributed by atoms with Gasteiger partial charge in [0.05, 0.1) is 5.75 Å². The molecule has 0 saturated carbocycles. The largest absolute Gasteiger partial charge is 0.312 e. The normalized spacial score (nSPS) is 14.2. The third-order valence-electron chi connectivity index (χ3n) is 3.81. The quantitative estimate of drug-likeness (QED) is 0.604. The Morgan fingerprint density at radius 1 is 1.17 bits per heavy atom. The summed E-state index contributed by atoms with van der Waals surface area (Å²) in [6.45, 7) is 0.659. The number of rotatable bonds is 5. The molecule has 6 heteroatoms. The van der Waals surface area contributed by atoms with Crippen molar-refractivity contribution in [2.75, 3.05) is 17.2 Å². The molecule has 3 nitrogen and oxygen atoms in total. The molecule has 1 amide bonds. The van der Waals surface area contributed by atoms with E-state index < -0.39 is 11.6 Å². The van der Waals surface area contributed by atoms with E-state index in [4.69, 9.17) is 0 Å². The van der Waals surface area contributed by atoms with Gasteiger partial charge >= 0.3 is 0 Å². The van der Waals surface area contributed by atoms with Crippen molar-refractivity contribution in [3.63, 3.8) is 0 Å². The van der Waals surface area contributed by atoms with Crippen LogP contribution in [0.25, 0.3) is 0 Å². The van der Waals surface area contributed by atoms with Crippen LogP contribution in [0.4, 0.5) is 14.5 Å². The Bertz CT molecular complexity index is 794. The Morgan fingerprint density at radius 2 is 2.00 bits per heavy atom. The fourth-order valence-corrected chi connectivity index (χ4v) is 3.40. The van der Waals surface area contributed by atoms with E-state index >= 15 is 0 Å². The molecule has 0 unspecified atom stereocenters. The molecule has 24 heavy (non-hydrogen) atoms. The van der Waals surface area contributed by atoms with Crippen LogP contribution in [0.1, 0.15) is 23.2 Å². The number of benzene rings is 2. The predicted molar refractivity (Wildman–Crippen MR) is 89.4 cm³/mol. The van der Waals surface area contributed by atoms with Gasteiger partial charge in [-0.2, -0.15) is 0 Å². The van der Waals surface area contributed by atoms with Gasteiger partial charge < -0.3 is 4.90 Å². The molecule has 0 atom stereocenters. The molecule has 2 aromatic rings. The monoisotopic (exact) mass is 347 g/mol. The van der Waals surface area contributed by atoms with Crippen LogP contribution in [0.2, 0.25) is 0 Å². The van der Waals surface area contributed by atoms with Gasteiger partial charge in [-0.05, 0) is 30.7 Å². The first-order chi connectivity index (χ1) is 11.5. The molecule has 0 bridgehead atoms. The van der Waals surface area contributed by atoms with Gasteiger partial charge in [-0.15, -0.1) is 11.8 Å². The molecule has 1 aliphatic rings. The van der Waals surface area contributed by atoms with Crippen molar-refractivity contribution in [2.45, 2.75) is 17.7 Å². The van der Waals surface area contributed by atoms with Gasteiger partial charge in [-0.25, -0.2) is 8.78 Å². The molecular formula is C18H15F2NO2S. The van der Waals surface area contributed by atoms with E-state index in [1.807, 2.05) is 0 Å². The number of carbonyl (C=O) groups excluding carboxylic acids is 2. The van der Waals surface area contributed by atoms with Gasteiger partial charge in [-0.3, -0.25) is 9.59 Å². The van der Waals surface area contributed by atoms with E-state index in [0.29, 0.717) is 24.2 Å². The molecule has 124 valence electrons. The Balaban J connectivity index is 1.70. The molecule has 0 radical (unpaired) electrons. The van der Waals surface area contributed by atoms with Gasteiger partial charge in [0, 0.05) is 35.2 Å². The summed E-state index contributed by atoms with van der Waals surface area (Å²) in [6.07, 6.45) is 1.34. The number of amides is 1. The molecule has 0 aliphatic carbocycles. The molecule has 0 N–H and O–H groups in total. The zero-order valence-corrected chi connectivity index (χ0v) is 13.6. The fourth-order valence-electron chi connectivity index (χ4n) is 2.59. The van der Waals surface area contributed by atoms with Gasteiger partial charge in [0.25, 0.3) is 0 Å². The van der Waals surface area contributed by atoms with Crippen LogP contribution in [0.3, 0.4) is 0 Å². The number of thioether (sulfide) groups is 1. The molecule has 1 saturated heterocycles. The molecule has 1 fully saturated rings. The van der Waals surface area contributed by atoms with E-state index in [2.05, 4.69) is 0 Å². The molecule has 3 rings (SSSR count). The second kappa shape index (κ2) is 7.13. The Kier molecular flexibility index (Phi) is 4.94. The topological polar surface area (TPSA) is 37.4 Å². The van der Waals surface area contributed by atoms with Crippen LogP contribution in [0.5, 0.6) is 0 Å². The lowest BCUT2D eigenvalue weighted by Gasteiger charge is -2.16. The minimum absolute atomic E-state index is 0.0416. The van der Waals surface area contributed by atoms with E-state index in [1.165, 1.54) is 6.07 Å². The Morgan fingerprint density at radius 3 is 2.71 bits per heavy atom. The summed E-state index contributed by atoms with van der Waals surface area (Å²) in [5.41, 5.74) is 1.18. The van der Waals surface area contributed by atoms with Gasteiger partial charge in [-0.1, -0.05) is 12.1 Å². The molecule has 0 spiro atoms. The van der Waals surface area contributed by atoms with E-state index in [0.717, 1.165) is 30.3 Å². The van der Waals surface area contributed by atoms with Gasteiger partial charge in [0.15, 0.2) is 5.78 Å². The van der Waals surface area contributed by atoms with E-state index in [9.17, 15) is 18.4 Å². The fraction of sp³-hybridized carbons (Fsp3) is 0.222. The zero-order chi connectivity index (χ0) is 17.1. The predicted octanol–water partition coefficient (Wildman–Crippen LogP) is 4.07. The summed E-state index contributed by atoms with van der Waals surface area (Å²) in [4.78, 5) is 26.0. The first-order valence-electron chi connectivity index (χ1n) is 7.56. The third-order valence-corrected chi connectivity index (χ3v) is 4.85. The zero-order valence-electron chi connectivity index (χ0n) is 12.8. The SMILES string of the molecule is O=C(CSc1ccc(F)cc1F)c1cccc(N2CCCC2=O)c1. The van der Waals surface area contributed by atoms with Crippen molar-refractivity contribution in [3.05, 3.63) is 59.7 Å². The summed E-state index contributed by atoms with van der Waals surface area (Å²) in [6, 6.07) is 10.2. The minimum atomic E-state index is -0.677. The number of hydrogen-bond donors (Lipinski definition) is 0. The van der Waals surface area contributed by atoms with Crippen LogP contribution in [0, 0.1) is 11.6 Å². The number of carbonyl (C=O) groups is 2. The second-order valence-electron chi connectivity index (χ2n) is 5.49. The van der Waals surface area contributed by atoms with Crippen LogP contribution >= 0.6 is 11.8 Å². The van der Waals surface area contributed by atoms with Crippen molar-refractivity contribution in [3.8, 4) is 0 Å². The van der Waals surface area contributed by atoms with Gasteiger partial charge in [0.1, 0.15) is 11.6 Å². The van der Waals surface area contributed by atoms with Crippen LogP contribution < -0.4 is 4.90 Å². The highest BCUT2D eigenvalue weighted by Gasteiger charge is 2.22. The highest BCUT2D eigenvalue weighted by Crippen LogP contribution is 2.25. The van der Waals surface area contributed by atoms with Crippen LogP contribution in [-0.4, -0.2) is 24.0 Å². The highest BCUT2D eigenvalue weighted by molar-refractivity contribution is 8.00. The first kappa shape index (κ1) is 16.6. The lowest BCUT2D eigenvalue weighted by Crippen LogP contribution is -2.23. The molecule has 1 aliphatic heterocycles. The summed E-state index contributed by atoms with van der Waals surface area (Å²) in [5, 5.41) is 0. The van der Waals surface area contributed by atoms with Crippen LogP contribution in [0.15, 0.2) is 47.4 Å². The van der Waals surface area contributed by atoms with E-state index in [-0.39, 0.29) is 22.3 Å². The number of anilines is 1. The Labute approximate surface area is 142 Å². The maximum Gasteiger partial charge on any atom is 0.227 e. The Hall–Kier alpha value is -2.21. The maximum atomic E-state index is 13.6. The summed E-state index contributed by atoms with van der Waals surface area (Å²) in [7, 11) is 0. The number of hydrogen-bond acceptors (Lipinski definition) is 3. The van der Waals surface area contributed by atoms with Crippen molar-refractivity contribution in [1.82, 2.24) is 0 Å². The van der Waals surface area contributed by atoms with Crippen molar-refractivity contribution in [2.24, 2.45) is 0 Å². The van der Waals surface area contributed by atoms with Crippen LogP contribution in [-0.2, 0) is 4.79 Å². The van der Waals surface area contributed by atoms with Crippen molar-refractivity contribution < 1.29 is 18.4 Å². The average molecular weight is 347 g/mol. The third kappa shape index (κ3) is 3.64. The number of nitrogens with zero attached hydrogens (tertiary/aromatic N) is 1.